The number of hydrogen-bond donors (Lipinski definition) is 0. The predicted molar refractivity (Wildman–Crippen MR) is 301 cm³/mol. The van der Waals surface area contributed by atoms with Crippen molar-refractivity contribution in [2.75, 3.05) is 6.61 Å². The summed E-state index contributed by atoms with van der Waals surface area (Å²) >= 11 is 0. The van der Waals surface area contributed by atoms with Crippen LogP contribution in [-0.2, 0) is 17.4 Å². The van der Waals surface area contributed by atoms with Gasteiger partial charge in [0.25, 0.3) is 0 Å². The minimum atomic E-state index is -1.64. The van der Waals surface area contributed by atoms with Crippen molar-refractivity contribution in [2.24, 2.45) is 0 Å². The van der Waals surface area contributed by atoms with Gasteiger partial charge >= 0.3 is 35.3 Å². The molecule has 82 heavy (non-hydrogen) atoms. The topological polar surface area (TPSA) is 144 Å². The van der Waals surface area contributed by atoms with E-state index >= 15 is 4.79 Å². The molecule has 3 aliphatic rings. The number of carbonyl (C=O) groups is 3. The van der Waals surface area contributed by atoms with Gasteiger partial charge in [0.15, 0.2) is 34.5 Å². The second-order valence-electron chi connectivity index (χ2n) is 19.1. The molecule has 0 radical (unpaired) electrons. The van der Waals surface area contributed by atoms with Gasteiger partial charge in [-0.2, -0.15) is 0 Å². The van der Waals surface area contributed by atoms with Crippen molar-refractivity contribution in [1.29, 1.82) is 0 Å². The van der Waals surface area contributed by atoms with Gasteiger partial charge in [-0.15, -0.1) is 0 Å². The molecule has 3 heterocycles. The van der Waals surface area contributed by atoms with E-state index in [1.807, 2.05) is 182 Å². The van der Waals surface area contributed by atoms with Crippen LogP contribution in [0.1, 0.15) is 64.5 Å². The number of rotatable bonds is 15. The largest absolute Gasteiger partial charge is 0.485 e. The molecule has 13 heteroatoms. The summed E-state index contributed by atoms with van der Waals surface area (Å²) in [6.07, 6.45) is 1.56. The fourth-order valence-corrected chi connectivity index (χ4v) is 10.1. The van der Waals surface area contributed by atoms with E-state index in [1.165, 1.54) is 36.4 Å². The Labute approximate surface area is 470 Å². The first-order valence-corrected chi connectivity index (χ1v) is 26.2. The van der Waals surface area contributed by atoms with Crippen LogP contribution < -0.4 is 47.4 Å². The molecule has 0 N–H and O–H groups in total. The van der Waals surface area contributed by atoms with Gasteiger partial charge in [0, 0.05) is 33.4 Å². The van der Waals surface area contributed by atoms with E-state index in [4.69, 9.17) is 47.4 Å². The van der Waals surface area contributed by atoms with Crippen molar-refractivity contribution in [3.05, 3.63) is 311 Å². The molecular formula is C69H46O13. The van der Waals surface area contributed by atoms with Crippen LogP contribution in [0.2, 0.25) is 0 Å². The second kappa shape index (κ2) is 21.0. The Kier molecular flexibility index (Phi) is 12.9. The highest BCUT2D eigenvalue weighted by atomic mass is 16.8. The van der Waals surface area contributed by atoms with E-state index in [9.17, 15) is 9.59 Å². The van der Waals surface area contributed by atoms with Crippen LogP contribution in [0.4, 0.5) is 0 Å². The Morgan fingerprint density at radius 1 is 0.341 bits per heavy atom. The molecule has 10 aromatic rings. The maximum absolute atomic E-state index is 15.1. The van der Waals surface area contributed by atoms with E-state index in [2.05, 4.69) is 6.58 Å². The molecule has 400 valence electrons. The monoisotopic (exact) mass is 1080 g/mol. The maximum atomic E-state index is 15.1. The molecule has 0 aromatic heterocycles. The first-order chi connectivity index (χ1) is 40.2. The number of para-hydroxylation sites is 1. The smallest absolute Gasteiger partial charge is 0.343 e. The average Bonchev–Trinajstić information content (AvgIpc) is 2.74. The molecule has 0 aliphatic carbocycles. The van der Waals surface area contributed by atoms with Gasteiger partial charge in [-0.25, -0.2) is 14.4 Å². The Morgan fingerprint density at radius 2 is 0.610 bits per heavy atom. The molecule has 0 unspecified atom stereocenters. The molecule has 0 bridgehead atoms. The lowest BCUT2D eigenvalue weighted by Crippen LogP contribution is -2.36. The second-order valence-corrected chi connectivity index (χ2v) is 19.1. The molecule has 0 saturated heterocycles. The summed E-state index contributed by atoms with van der Waals surface area (Å²) in [5.74, 6) is -6.76. The van der Waals surface area contributed by atoms with Gasteiger partial charge in [0.1, 0.15) is 12.4 Å². The van der Waals surface area contributed by atoms with Crippen LogP contribution in [0.15, 0.2) is 261 Å². The van der Waals surface area contributed by atoms with Gasteiger partial charge < -0.3 is 47.4 Å². The number of carbonyl (C=O) groups excluding carboxylic acids is 3. The summed E-state index contributed by atoms with van der Waals surface area (Å²) in [5.41, 5.74) is 3.58. The van der Waals surface area contributed by atoms with Crippen LogP contribution in [0.25, 0.3) is 0 Å². The lowest BCUT2D eigenvalue weighted by molar-refractivity contribution is -0.0470. The van der Waals surface area contributed by atoms with Crippen LogP contribution in [-0.4, -0.2) is 24.5 Å². The van der Waals surface area contributed by atoms with Crippen molar-refractivity contribution in [3.8, 4) is 57.5 Å². The lowest BCUT2D eigenvalue weighted by atomic mass is 9.97. The van der Waals surface area contributed by atoms with Crippen LogP contribution >= 0.6 is 0 Å². The van der Waals surface area contributed by atoms with Gasteiger partial charge in [0.05, 0.1) is 16.7 Å². The number of ether oxygens (including phenoxy) is 10. The van der Waals surface area contributed by atoms with Gasteiger partial charge in [-0.3, -0.25) is 0 Å². The highest BCUT2D eigenvalue weighted by Crippen LogP contribution is 2.56. The Morgan fingerprint density at radius 3 is 0.915 bits per heavy atom. The zero-order valence-corrected chi connectivity index (χ0v) is 43.5. The molecule has 10 aromatic carbocycles. The Balaban J connectivity index is 0.913. The van der Waals surface area contributed by atoms with Crippen molar-refractivity contribution >= 4 is 17.9 Å². The molecule has 0 amide bonds. The first kappa shape index (κ1) is 50.5. The fraction of sp³-hybridized carbons (Fsp3) is 0.0580. The number of hydrogen-bond acceptors (Lipinski definition) is 13. The lowest BCUT2D eigenvalue weighted by Gasteiger charge is -2.28. The third-order valence-corrected chi connectivity index (χ3v) is 13.9. The molecule has 3 aliphatic heterocycles. The average molecular weight is 1080 g/mol. The van der Waals surface area contributed by atoms with Gasteiger partial charge in [-0.05, 0) is 48.5 Å². The van der Waals surface area contributed by atoms with E-state index in [-0.39, 0.29) is 80.8 Å². The van der Waals surface area contributed by atoms with Crippen molar-refractivity contribution in [1.82, 2.24) is 0 Å². The Hall–Kier alpha value is -11.1. The first-order valence-electron chi connectivity index (χ1n) is 26.2. The minimum Gasteiger partial charge on any atom is -0.485 e. The number of esters is 3. The number of fused-ring (bicyclic) bond motifs is 3. The molecule has 13 rings (SSSR count). The third kappa shape index (κ3) is 9.11. The minimum absolute atomic E-state index is 0.00700. The Bertz CT molecular complexity index is 3910. The zero-order valence-electron chi connectivity index (χ0n) is 43.5. The molecule has 0 saturated carbocycles. The fourth-order valence-electron chi connectivity index (χ4n) is 10.1. The molecule has 0 atom stereocenters. The molecule has 0 fully saturated rings. The summed E-state index contributed by atoms with van der Waals surface area (Å²) < 4.78 is 65.6. The van der Waals surface area contributed by atoms with E-state index in [0.717, 1.165) is 0 Å². The van der Waals surface area contributed by atoms with E-state index in [1.54, 1.807) is 36.4 Å². The normalized spacial score (nSPS) is 14.2. The van der Waals surface area contributed by atoms with E-state index in [0.29, 0.717) is 33.4 Å². The summed E-state index contributed by atoms with van der Waals surface area (Å²) in [6, 6.07) is 72.9. The highest BCUT2D eigenvalue weighted by molar-refractivity contribution is 5.97. The molecule has 0 spiro atoms. The van der Waals surface area contributed by atoms with Crippen molar-refractivity contribution < 1.29 is 61.8 Å². The summed E-state index contributed by atoms with van der Waals surface area (Å²) in [7, 11) is 0. The van der Waals surface area contributed by atoms with Crippen LogP contribution in [0.3, 0.4) is 0 Å². The van der Waals surface area contributed by atoms with Crippen molar-refractivity contribution in [2.45, 2.75) is 17.4 Å². The third-order valence-electron chi connectivity index (χ3n) is 13.9. The summed E-state index contributed by atoms with van der Waals surface area (Å²) in [6.45, 7) is 3.89. The maximum Gasteiger partial charge on any atom is 0.343 e. The molecule has 13 nitrogen and oxygen atoms in total. The molecular weight excluding hydrogens is 1040 g/mol. The van der Waals surface area contributed by atoms with Gasteiger partial charge in [-0.1, -0.05) is 213 Å². The summed E-state index contributed by atoms with van der Waals surface area (Å²) in [5, 5.41) is 0. The highest BCUT2D eigenvalue weighted by Gasteiger charge is 2.51. The van der Waals surface area contributed by atoms with Gasteiger partial charge in [0.2, 0.25) is 17.2 Å². The SMILES string of the molecule is C=CCOc1cc(C(=O)Oc2cc(C(=O)Oc3cc(C(=O)Oc4ccccc4)cc4c3OC(c3ccccc3)(c3ccccc3)O4)cc3c2OC(c2ccccc2)(c2ccccc2)O3)cc2c1OC(c1ccccc1)(c1ccccc1)O2. The van der Waals surface area contributed by atoms with Crippen LogP contribution in [0.5, 0.6) is 57.5 Å². The standard InChI is InChI=1S/C69H46O13/c1-2-38-73-55-39-45(42-58-61(55)80-67(77-58,48-24-10-3-11-25-48)49-26-12-4-13-27-49)65(71)75-57-41-47(44-60-63(57)82-69(79-60,52-32-18-7-19-33-52)53-34-20-8-21-35-53)66(72)76-56-40-46(64(70)74-54-36-22-9-23-37-54)43-59-62(56)81-68(78-59,50-28-14-5-15-29-50)51-30-16-6-17-31-51/h2-37,39-44H,1,38H2. The summed E-state index contributed by atoms with van der Waals surface area (Å²) in [4.78, 5) is 44.2. The van der Waals surface area contributed by atoms with E-state index < -0.39 is 35.3 Å². The van der Waals surface area contributed by atoms with Crippen LogP contribution in [0, 0.1) is 0 Å². The zero-order chi connectivity index (χ0) is 55.7. The quantitative estimate of drug-likeness (QED) is 0.0546. The predicted octanol–water partition coefficient (Wildman–Crippen LogP) is 13.9. The number of benzene rings is 10. The van der Waals surface area contributed by atoms with Crippen molar-refractivity contribution in [3.63, 3.8) is 0 Å².